The number of pyridine rings is 1. The lowest BCUT2D eigenvalue weighted by Gasteiger charge is -2.10. The fourth-order valence-corrected chi connectivity index (χ4v) is 4.36. The summed E-state index contributed by atoms with van der Waals surface area (Å²) in [6, 6.07) is 8.16. The van der Waals surface area contributed by atoms with Gasteiger partial charge in [0.15, 0.2) is 0 Å². The summed E-state index contributed by atoms with van der Waals surface area (Å²) in [6.07, 6.45) is 3.40. The molecule has 0 aliphatic rings. The van der Waals surface area contributed by atoms with Crippen LogP contribution in [0, 0.1) is 0 Å². The van der Waals surface area contributed by atoms with Crippen LogP contribution in [0.1, 0.15) is 5.69 Å². The largest absolute Gasteiger partial charge is 0.495 e. The molecule has 0 saturated heterocycles. The Bertz CT molecular complexity index is 975. The molecule has 0 aliphatic heterocycles. The molecule has 0 spiro atoms. The van der Waals surface area contributed by atoms with Crippen molar-refractivity contribution >= 4 is 33.0 Å². The Morgan fingerprint density at radius 1 is 1.32 bits per heavy atom. The minimum Gasteiger partial charge on any atom is -0.495 e. The zero-order chi connectivity index (χ0) is 17.9. The number of sulfonamides is 1. The number of ether oxygens (including phenoxy) is 1. The predicted octanol–water partition coefficient (Wildman–Crippen LogP) is 3.35. The number of hydrogen-bond acceptors (Lipinski definition) is 6. The molecule has 0 unspecified atom stereocenters. The van der Waals surface area contributed by atoms with Gasteiger partial charge in [-0.3, -0.25) is 4.98 Å². The van der Waals surface area contributed by atoms with Gasteiger partial charge in [-0.1, -0.05) is 11.6 Å². The van der Waals surface area contributed by atoms with Gasteiger partial charge in [0.1, 0.15) is 15.7 Å². The summed E-state index contributed by atoms with van der Waals surface area (Å²) in [5.74, 6) is 0.228. The zero-order valence-electron chi connectivity index (χ0n) is 13.1. The first-order valence-corrected chi connectivity index (χ1v) is 9.91. The summed E-state index contributed by atoms with van der Waals surface area (Å²) in [5, 5.41) is 2.90. The maximum Gasteiger partial charge on any atom is 0.244 e. The standard InChI is InChI=1S/C16H14ClN3O3S2/c1-23-14-5-4-12(17)7-15(14)25(21,22)19-9-13-10-24-16(20-13)11-3-2-6-18-8-11/h2-8,10,19H,9H2,1H3. The molecule has 0 radical (unpaired) electrons. The molecule has 0 aliphatic carbocycles. The molecule has 0 bridgehead atoms. The number of hydrogen-bond donors (Lipinski definition) is 1. The van der Waals surface area contributed by atoms with E-state index in [2.05, 4.69) is 14.7 Å². The van der Waals surface area contributed by atoms with Gasteiger partial charge in [-0.15, -0.1) is 11.3 Å². The van der Waals surface area contributed by atoms with E-state index < -0.39 is 10.0 Å². The Hall–Kier alpha value is -2.00. The number of thiazole rings is 1. The van der Waals surface area contributed by atoms with E-state index in [1.807, 2.05) is 12.1 Å². The van der Waals surface area contributed by atoms with E-state index in [1.54, 1.807) is 23.8 Å². The SMILES string of the molecule is COc1ccc(Cl)cc1S(=O)(=O)NCc1csc(-c2cccnc2)n1. The number of nitrogens with one attached hydrogen (secondary N) is 1. The molecule has 0 saturated carbocycles. The van der Waals surface area contributed by atoms with Crippen molar-refractivity contribution in [3.63, 3.8) is 0 Å². The van der Waals surface area contributed by atoms with Gasteiger partial charge in [0.25, 0.3) is 0 Å². The second kappa shape index (κ2) is 7.49. The summed E-state index contributed by atoms with van der Waals surface area (Å²) < 4.78 is 32.7. The highest BCUT2D eigenvalue weighted by atomic mass is 35.5. The van der Waals surface area contributed by atoms with E-state index in [0.717, 1.165) is 10.6 Å². The number of aromatic nitrogens is 2. The van der Waals surface area contributed by atoms with Crippen LogP contribution < -0.4 is 9.46 Å². The van der Waals surface area contributed by atoms with Crippen LogP contribution in [-0.4, -0.2) is 25.5 Å². The third-order valence-electron chi connectivity index (χ3n) is 3.32. The zero-order valence-corrected chi connectivity index (χ0v) is 15.5. The van der Waals surface area contributed by atoms with Crippen molar-refractivity contribution in [3.05, 3.63) is 58.8 Å². The third kappa shape index (κ3) is 4.16. The summed E-state index contributed by atoms with van der Waals surface area (Å²) >= 11 is 7.33. The fraction of sp³-hybridized carbons (Fsp3) is 0.125. The molecule has 3 aromatic rings. The number of benzene rings is 1. The van der Waals surface area contributed by atoms with Crippen LogP contribution >= 0.6 is 22.9 Å². The third-order valence-corrected chi connectivity index (χ3v) is 5.92. The molecule has 1 N–H and O–H groups in total. The Balaban J connectivity index is 1.77. The van der Waals surface area contributed by atoms with Crippen molar-refractivity contribution in [3.8, 4) is 16.3 Å². The lowest BCUT2D eigenvalue weighted by atomic mass is 10.3. The van der Waals surface area contributed by atoms with Gasteiger partial charge in [0, 0.05) is 28.4 Å². The van der Waals surface area contributed by atoms with Gasteiger partial charge in [0.05, 0.1) is 19.3 Å². The average molecular weight is 396 g/mol. The molecule has 2 aromatic heterocycles. The smallest absolute Gasteiger partial charge is 0.244 e. The summed E-state index contributed by atoms with van der Waals surface area (Å²) in [7, 11) is -2.38. The van der Waals surface area contributed by atoms with E-state index in [9.17, 15) is 8.42 Å². The predicted molar refractivity (Wildman–Crippen MR) is 97.4 cm³/mol. The topological polar surface area (TPSA) is 81.2 Å². The fourth-order valence-electron chi connectivity index (χ4n) is 2.12. The Morgan fingerprint density at radius 3 is 2.88 bits per heavy atom. The number of methoxy groups -OCH3 is 1. The van der Waals surface area contributed by atoms with Gasteiger partial charge >= 0.3 is 0 Å². The molecule has 1 aromatic carbocycles. The van der Waals surface area contributed by atoms with Crippen LogP contribution in [0.15, 0.2) is 53.0 Å². The van der Waals surface area contributed by atoms with Crippen molar-refractivity contribution in [1.82, 2.24) is 14.7 Å². The lowest BCUT2D eigenvalue weighted by molar-refractivity contribution is 0.402. The van der Waals surface area contributed by atoms with Crippen LogP contribution in [0.4, 0.5) is 0 Å². The highest BCUT2D eigenvalue weighted by Crippen LogP contribution is 2.27. The van der Waals surface area contributed by atoms with Crippen molar-refractivity contribution < 1.29 is 13.2 Å². The lowest BCUT2D eigenvalue weighted by Crippen LogP contribution is -2.24. The quantitative estimate of drug-likeness (QED) is 0.692. The molecule has 130 valence electrons. The van der Waals surface area contributed by atoms with Gasteiger partial charge in [-0.2, -0.15) is 0 Å². The van der Waals surface area contributed by atoms with Crippen molar-refractivity contribution in [1.29, 1.82) is 0 Å². The van der Waals surface area contributed by atoms with Crippen molar-refractivity contribution in [2.24, 2.45) is 0 Å². The summed E-state index contributed by atoms with van der Waals surface area (Å²) in [6.45, 7) is 0.0642. The number of rotatable bonds is 6. The van der Waals surface area contributed by atoms with E-state index in [4.69, 9.17) is 16.3 Å². The summed E-state index contributed by atoms with van der Waals surface area (Å²) in [4.78, 5) is 8.47. The number of nitrogens with zero attached hydrogens (tertiary/aromatic N) is 2. The van der Waals surface area contributed by atoms with Gasteiger partial charge in [0.2, 0.25) is 10.0 Å². The minimum absolute atomic E-state index is 0.00906. The molecule has 0 amide bonds. The first-order chi connectivity index (χ1) is 12.0. The minimum atomic E-state index is -3.79. The Kier molecular flexibility index (Phi) is 5.33. The van der Waals surface area contributed by atoms with Crippen LogP contribution in [0.2, 0.25) is 5.02 Å². The molecule has 0 atom stereocenters. The molecular weight excluding hydrogens is 382 g/mol. The normalized spacial score (nSPS) is 11.4. The van der Waals surface area contributed by atoms with Crippen molar-refractivity contribution in [2.75, 3.05) is 7.11 Å². The molecule has 0 fully saturated rings. The van der Waals surface area contributed by atoms with Crippen molar-refractivity contribution in [2.45, 2.75) is 11.4 Å². The molecule has 25 heavy (non-hydrogen) atoms. The van der Waals surface area contributed by atoms with Gasteiger partial charge in [-0.25, -0.2) is 18.1 Å². The van der Waals surface area contributed by atoms with E-state index in [0.29, 0.717) is 10.7 Å². The van der Waals surface area contributed by atoms with E-state index >= 15 is 0 Å². The van der Waals surface area contributed by atoms with E-state index in [1.165, 1.54) is 30.6 Å². The second-order valence-corrected chi connectivity index (χ2v) is 8.04. The molecule has 3 rings (SSSR count). The Labute approximate surface area is 154 Å². The van der Waals surface area contributed by atoms with E-state index in [-0.39, 0.29) is 17.2 Å². The highest BCUT2D eigenvalue weighted by Gasteiger charge is 2.20. The first-order valence-electron chi connectivity index (χ1n) is 7.17. The van der Waals surface area contributed by atoms with Gasteiger partial charge in [-0.05, 0) is 30.3 Å². The van der Waals surface area contributed by atoms with Crippen LogP contribution in [-0.2, 0) is 16.6 Å². The molecule has 2 heterocycles. The molecular formula is C16H14ClN3O3S2. The first kappa shape index (κ1) is 17.8. The average Bonchev–Trinajstić information content (AvgIpc) is 3.10. The molecule has 6 nitrogen and oxygen atoms in total. The number of halogens is 1. The Morgan fingerprint density at radius 2 is 2.16 bits per heavy atom. The van der Waals surface area contributed by atoms with Gasteiger partial charge < -0.3 is 4.74 Å². The maximum absolute atomic E-state index is 12.5. The van der Waals surface area contributed by atoms with Crippen LogP contribution in [0.5, 0.6) is 5.75 Å². The maximum atomic E-state index is 12.5. The monoisotopic (exact) mass is 395 g/mol. The highest BCUT2D eigenvalue weighted by molar-refractivity contribution is 7.89. The van der Waals surface area contributed by atoms with Crippen LogP contribution in [0.3, 0.4) is 0 Å². The van der Waals surface area contributed by atoms with Crippen LogP contribution in [0.25, 0.3) is 10.6 Å². The second-order valence-electron chi connectivity index (χ2n) is 5.01. The summed E-state index contributed by atoms with van der Waals surface area (Å²) in [5.41, 5.74) is 1.51. The molecule has 9 heteroatoms.